The fourth-order valence-corrected chi connectivity index (χ4v) is 8.70. The minimum absolute atomic E-state index is 0.0402. The summed E-state index contributed by atoms with van der Waals surface area (Å²) in [5.74, 6) is -0.771. The Morgan fingerprint density at radius 2 is 0.523 bits per heavy atom. The van der Waals surface area contributed by atoms with Crippen LogP contribution in [-0.4, -0.2) is 113 Å². The molecule has 0 radical (unpaired) electrons. The highest BCUT2D eigenvalue weighted by Gasteiger charge is 2.27. The Morgan fingerprint density at radius 3 is 0.785 bits per heavy atom. The van der Waals surface area contributed by atoms with Crippen molar-refractivity contribution < 1.29 is 29.1 Å². The van der Waals surface area contributed by atoms with Crippen molar-refractivity contribution in [3.8, 4) is 0 Å². The van der Waals surface area contributed by atoms with E-state index in [1.807, 2.05) is 0 Å². The molecule has 0 saturated heterocycles. The molecule has 0 fully saturated rings. The Kier molecular flexibility index (Phi) is 44.8. The number of aliphatic hydroxyl groups is 1. The predicted octanol–water partition coefficient (Wildman–Crippen LogP) is 13.0. The van der Waals surface area contributed by atoms with Crippen LogP contribution in [-0.2, 0) is 24.0 Å². The molecule has 0 aromatic carbocycles. The molecule has 0 aliphatic rings. The van der Waals surface area contributed by atoms with Gasteiger partial charge in [0.1, 0.15) is 5.78 Å². The molecular formula is C55H106N4O6. The van der Waals surface area contributed by atoms with Crippen molar-refractivity contribution in [3.63, 3.8) is 0 Å². The molecule has 4 amide bonds. The summed E-state index contributed by atoms with van der Waals surface area (Å²) in [5, 5.41) is 9.31. The van der Waals surface area contributed by atoms with Crippen LogP contribution in [0.15, 0.2) is 0 Å². The summed E-state index contributed by atoms with van der Waals surface area (Å²) >= 11 is 0. The SMILES string of the molecule is CCCCCCCCCCN(CC(C)=O)C(=O)CN(CCCCCCCCCC)C(=O)CN(CCCCCCCCCC)C(=O)CN(CCCCCCCCCC)C(=O)CCCCCO. The molecular weight excluding hydrogens is 813 g/mol. The third-order valence-electron chi connectivity index (χ3n) is 13.0. The summed E-state index contributed by atoms with van der Waals surface area (Å²) < 4.78 is 0. The van der Waals surface area contributed by atoms with E-state index in [-0.39, 0.29) is 62.2 Å². The van der Waals surface area contributed by atoms with Gasteiger partial charge in [-0.2, -0.15) is 0 Å². The number of carbonyl (C=O) groups is 5. The van der Waals surface area contributed by atoms with Gasteiger partial charge in [0.05, 0.1) is 26.2 Å². The molecule has 382 valence electrons. The molecule has 0 bridgehead atoms. The van der Waals surface area contributed by atoms with Crippen LogP contribution in [0.2, 0.25) is 0 Å². The summed E-state index contributed by atoms with van der Waals surface area (Å²) in [4.78, 5) is 75.6. The second kappa shape index (κ2) is 46.6. The van der Waals surface area contributed by atoms with Gasteiger partial charge in [-0.1, -0.05) is 214 Å². The summed E-state index contributed by atoms with van der Waals surface area (Å²) in [7, 11) is 0. The van der Waals surface area contributed by atoms with Crippen LogP contribution in [0.5, 0.6) is 0 Å². The highest BCUT2D eigenvalue weighted by Crippen LogP contribution is 2.15. The average Bonchev–Trinajstić information content (AvgIpc) is 3.29. The number of Topliss-reactive ketones (excluding diaryl/α,β-unsaturated/α-hetero) is 1. The Labute approximate surface area is 401 Å². The van der Waals surface area contributed by atoms with Gasteiger partial charge in [0, 0.05) is 39.2 Å². The van der Waals surface area contributed by atoms with Gasteiger partial charge in [0.2, 0.25) is 23.6 Å². The first kappa shape index (κ1) is 62.5. The topological polar surface area (TPSA) is 119 Å². The normalized spacial score (nSPS) is 11.2. The Balaban J connectivity index is 6.19. The second-order valence-corrected chi connectivity index (χ2v) is 19.4. The average molecular weight is 919 g/mol. The van der Waals surface area contributed by atoms with Crippen LogP contribution in [0.25, 0.3) is 0 Å². The third kappa shape index (κ3) is 38.2. The monoisotopic (exact) mass is 919 g/mol. The van der Waals surface area contributed by atoms with Gasteiger partial charge < -0.3 is 24.7 Å². The zero-order chi connectivity index (χ0) is 48.0. The van der Waals surface area contributed by atoms with Crippen LogP contribution >= 0.6 is 0 Å². The van der Waals surface area contributed by atoms with E-state index in [4.69, 9.17) is 0 Å². The number of carbonyl (C=O) groups excluding carboxylic acids is 5. The van der Waals surface area contributed by atoms with Gasteiger partial charge in [-0.3, -0.25) is 24.0 Å². The standard InChI is InChI=1S/C55H106N4O6/c1-6-10-14-18-22-26-30-36-42-56(47-51(5)61)53(63)49-58(44-38-32-28-24-20-16-12-8-3)55(65)50-59(45-39-33-29-25-21-17-13-9-4)54(64)48-57(52(62)41-35-34-40-46-60)43-37-31-27-23-19-15-11-7-2/h60H,6-50H2,1-5H3. The van der Waals surface area contributed by atoms with Gasteiger partial charge in [0.25, 0.3) is 0 Å². The molecule has 0 rings (SSSR count). The number of unbranched alkanes of at least 4 members (excludes halogenated alkanes) is 30. The number of aliphatic hydroxyl groups excluding tert-OH is 1. The molecule has 65 heavy (non-hydrogen) atoms. The van der Waals surface area contributed by atoms with Gasteiger partial charge in [-0.05, 0) is 45.4 Å². The zero-order valence-corrected chi connectivity index (χ0v) is 43.6. The van der Waals surface area contributed by atoms with E-state index in [9.17, 15) is 29.1 Å². The molecule has 0 spiro atoms. The van der Waals surface area contributed by atoms with E-state index < -0.39 is 0 Å². The molecule has 0 heterocycles. The number of amides is 4. The highest BCUT2D eigenvalue weighted by molar-refractivity contribution is 5.91. The maximum atomic E-state index is 14.5. The minimum Gasteiger partial charge on any atom is -0.396 e. The van der Waals surface area contributed by atoms with E-state index in [1.165, 1.54) is 122 Å². The molecule has 10 nitrogen and oxygen atoms in total. The molecule has 0 aromatic heterocycles. The summed E-state index contributed by atoms with van der Waals surface area (Å²) in [6, 6.07) is 0. The Hall–Kier alpha value is -2.49. The number of ketones is 1. The maximum Gasteiger partial charge on any atom is 0.242 e. The van der Waals surface area contributed by atoms with E-state index in [0.717, 1.165) is 96.3 Å². The number of hydrogen-bond acceptors (Lipinski definition) is 6. The first-order valence-corrected chi connectivity index (χ1v) is 27.9. The zero-order valence-electron chi connectivity index (χ0n) is 43.6. The molecule has 0 aromatic rings. The van der Waals surface area contributed by atoms with Crippen LogP contribution in [0.4, 0.5) is 0 Å². The van der Waals surface area contributed by atoms with E-state index in [2.05, 4.69) is 27.7 Å². The molecule has 0 aliphatic heterocycles. The molecule has 1 N–H and O–H groups in total. The van der Waals surface area contributed by atoms with Gasteiger partial charge in [0.15, 0.2) is 0 Å². The first-order valence-electron chi connectivity index (χ1n) is 27.9. The van der Waals surface area contributed by atoms with Crippen molar-refractivity contribution in [2.45, 2.75) is 266 Å². The lowest BCUT2D eigenvalue weighted by Gasteiger charge is -2.31. The Bertz CT molecular complexity index is 1150. The fourth-order valence-electron chi connectivity index (χ4n) is 8.70. The van der Waals surface area contributed by atoms with Crippen LogP contribution in [0, 0.1) is 0 Å². The van der Waals surface area contributed by atoms with Crippen molar-refractivity contribution in [1.29, 1.82) is 0 Å². The van der Waals surface area contributed by atoms with E-state index in [0.29, 0.717) is 45.4 Å². The summed E-state index contributed by atoms with van der Waals surface area (Å²) in [5.41, 5.74) is 0. The third-order valence-corrected chi connectivity index (χ3v) is 13.0. The van der Waals surface area contributed by atoms with E-state index in [1.54, 1.807) is 19.6 Å². The maximum absolute atomic E-state index is 14.5. The van der Waals surface area contributed by atoms with Crippen molar-refractivity contribution in [2.75, 3.05) is 59.0 Å². The Morgan fingerprint density at radius 1 is 0.292 bits per heavy atom. The molecule has 0 aliphatic carbocycles. The highest BCUT2D eigenvalue weighted by atomic mass is 16.3. The largest absolute Gasteiger partial charge is 0.396 e. The number of hydrogen-bond donors (Lipinski definition) is 1. The number of nitrogens with zero attached hydrogens (tertiary/aromatic N) is 4. The van der Waals surface area contributed by atoms with Crippen LogP contribution in [0.1, 0.15) is 266 Å². The first-order chi connectivity index (χ1) is 31.6. The van der Waals surface area contributed by atoms with Crippen molar-refractivity contribution >= 4 is 29.4 Å². The summed E-state index contributed by atoms with van der Waals surface area (Å²) in [6.45, 7) is 12.2. The molecule has 0 saturated carbocycles. The minimum atomic E-state index is -0.242. The lowest BCUT2D eigenvalue weighted by Crippen LogP contribution is -2.50. The predicted molar refractivity (Wildman–Crippen MR) is 273 cm³/mol. The van der Waals surface area contributed by atoms with Crippen molar-refractivity contribution in [2.24, 2.45) is 0 Å². The quantitative estimate of drug-likeness (QED) is 0.0607. The van der Waals surface area contributed by atoms with Gasteiger partial charge in [-0.15, -0.1) is 0 Å². The second-order valence-electron chi connectivity index (χ2n) is 19.4. The number of rotatable bonds is 49. The van der Waals surface area contributed by atoms with Gasteiger partial charge >= 0.3 is 0 Å². The van der Waals surface area contributed by atoms with Crippen molar-refractivity contribution in [3.05, 3.63) is 0 Å². The molecule has 10 heteroatoms. The van der Waals surface area contributed by atoms with Gasteiger partial charge in [-0.25, -0.2) is 0 Å². The van der Waals surface area contributed by atoms with Crippen LogP contribution in [0.3, 0.4) is 0 Å². The summed E-state index contributed by atoms with van der Waals surface area (Å²) in [6.07, 6.45) is 38.5. The molecule has 0 atom stereocenters. The lowest BCUT2D eigenvalue weighted by molar-refractivity contribution is -0.146. The lowest BCUT2D eigenvalue weighted by atomic mass is 10.1. The van der Waals surface area contributed by atoms with Crippen LogP contribution < -0.4 is 0 Å². The smallest absolute Gasteiger partial charge is 0.242 e. The van der Waals surface area contributed by atoms with E-state index >= 15 is 0 Å². The van der Waals surface area contributed by atoms with Crippen molar-refractivity contribution in [1.82, 2.24) is 19.6 Å². The fraction of sp³-hybridized carbons (Fsp3) is 0.909. The molecule has 0 unspecified atom stereocenters.